The maximum atomic E-state index is 12.4. The first-order valence-electron chi connectivity index (χ1n) is 8.32. The van der Waals surface area contributed by atoms with E-state index in [1.165, 1.54) is 0 Å². The molecule has 0 unspecified atom stereocenters. The summed E-state index contributed by atoms with van der Waals surface area (Å²) in [6.07, 6.45) is 1.78. The Labute approximate surface area is 163 Å². The molecule has 4 rings (SSSR count). The Morgan fingerprint density at radius 1 is 1.15 bits per heavy atom. The van der Waals surface area contributed by atoms with Crippen LogP contribution in [0.1, 0.15) is 0 Å². The van der Waals surface area contributed by atoms with Gasteiger partial charge >= 0.3 is 0 Å². The van der Waals surface area contributed by atoms with Crippen molar-refractivity contribution in [1.82, 2.24) is 14.9 Å². The molecule has 0 atom stereocenters. The van der Waals surface area contributed by atoms with Crippen LogP contribution in [0.5, 0.6) is 5.75 Å². The fourth-order valence-electron chi connectivity index (χ4n) is 2.81. The van der Waals surface area contributed by atoms with Gasteiger partial charge in [0, 0.05) is 36.8 Å². The molecule has 0 N–H and O–H groups in total. The first kappa shape index (κ1) is 17.2. The van der Waals surface area contributed by atoms with Gasteiger partial charge in [0.25, 0.3) is 5.91 Å². The first-order valence-corrected chi connectivity index (χ1v) is 9.93. The van der Waals surface area contributed by atoms with Crippen LogP contribution in [0.3, 0.4) is 0 Å². The van der Waals surface area contributed by atoms with Gasteiger partial charge in [0.05, 0.1) is 0 Å². The van der Waals surface area contributed by atoms with E-state index < -0.39 is 0 Å². The van der Waals surface area contributed by atoms with E-state index in [1.807, 2.05) is 41.3 Å². The number of ether oxygens (including phenoxy) is 1. The van der Waals surface area contributed by atoms with Gasteiger partial charge in [-0.25, -0.2) is 9.97 Å². The number of aromatic nitrogens is 2. The molecular formula is C18H17BrN4O2S. The van der Waals surface area contributed by atoms with Crippen molar-refractivity contribution in [2.24, 2.45) is 0 Å². The van der Waals surface area contributed by atoms with Crippen molar-refractivity contribution in [3.05, 3.63) is 47.1 Å². The Morgan fingerprint density at radius 3 is 2.65 bits per heavy atom. The van der Waals surface area contributed by atoms with E-state index in [4.69, 9.17) is 4.74 Å². The van der Waals surface area contributed by atoms with Gasteiger partial charge in [-0.2, -0.15) is 0 Å². The van der Waals surface area contributed by atoms with Crippen LogP contribution in [0.4, 0.5) is 5.13 Å². The molecule has 0 radical (unpaired) electrons. The molecule has 0 spiro atoms. The third kappa shape index (κ3) is 3.81. The van der Waals surface area contributed by atoms with Crippen LogP contribution in [-0.2, 0) is 4.79 Å². The topological polar surface area (TPSA) is 58.6 Å². The molecule has 1 aromatic carbocycles. The molecule has 1 aliphatic heterocycles. The van der Waals surface area contributed by atoms with Gasteiger partial charge < -0.3 is 14.5 Å². The molecule has 1 fully saturated rings. The zero-order valence-corrected chi connectivity index (χ0v) is 16.4. The first-order chi connectivity index (χ1) is 12.7. The van der Waals surface area contributed by atoms with Crippen molar-refractivity contribution < 1.29 is 9.53 Å². The summed E-state index contributed by atoms with van der Waals surface area (Å²) < 4.78 is 6.57. The zero-order valence-electron chi connectivity index (χ0n) is 14.0. The highest BCUT2D eigenvalue weighted by molar-refractivity contribution is 9.10. The number of hydrogen-bond donors (Lipinski definition) is 0. The minimum absolute atomic E-state index is 0.0125. The van der Waals surface area contributed by atoms with Gasteiger partial charge in [0.2, 0.25) is 0 Å². The molecule has 2 aromatic heterocycles. The summed E-state index contributed by atoms with van der Waals surface area (Å²) in [6, 6.07) is 11.3. The fraction of sp³-hybridized carbons (Fsp3) is 0.278. The summed E-state index contributed by atoms with van der Waals surface area (Å²) >= 11 is 4.97. The monoisotopic (exact) mass is 432 g/mol. The molecule has 26 heavy (non-hydrogen) atoms. The molecule has 3 heterocycles. The molecule has 1 amide bonds. The smallest absolute Gasteiger partial charge is 0.260 e. The van der Waals surface area contributed by atoms with Gasteiger partial charge in [-0.05, 0) is 36.4 Å². The van der Waals surface area contributed by atoms with Gasteiger partial charge in [-0.1, -0.05) is 27.3 Å². The average molecular weight is 433 g/mol. The Kier molecular flexibility index (Phi) is 5.03. The molecule has 134 valence electrons. The second-order valence-electron chi connectivity index (χ2n) is 5.93. The summed E-state index contributed by atoms with van der Waals surface area (Å²) in [5.41, 5.74) is 0.925. The lowest BCUT2D eigenvalue weighted by molar-refractivity contribution is -0.133. The van der Waals surface area contributed by atoms with E-state index in [0.717, 1.165) is 33.0 Å². The number of carbonyl (C=O) groups excluding carboxylic acids is 1. The van der Waals surface area contributed by atoms with Crippen LogP contribution in [-0.4, -0.2) is 53.6 Å². The number of rotatable bonds is 4. The van der Waals surface area contributed by atoms with E-state index in [2.05, 4.69) is 30.8 Å². The molecule has 1 saturated heterocycles. The normalized spacial score (nSPS) is 14.7. The predicted molar refractivity (Wildman–Crippen MR) is 106 cm³/mol. The van der Waals surface area contributed by atoms with E-state index in [-0.39, 0.29) is 12.5 Å². The number of fused-ring (bicyclic) bond motifs is 1. The molecule has 0 aliphatic carbocycles. The number of anilines is 1. The Balaban J connectivity index is 1.31. The highest BCUT2D eigenvalue weighted by Crippen LogP contribution is 2.27. The van der Waals surface area contributed by atoms with Crippen LogP contribution in [0, 0.1) is 0 Å². The molecule has 0 saturated carbocycles. The zero-order chi connectivity index (χ0) is 17.9. The van der Waals surface area contributed by atoms with Crippen molar-refractivity contribution in [1.29, 1.82) is 0 Å². The van der Waals surface area contributed by atoms with Crippen LogP contribution in [0.15, 0.2) is 47.1 Å². The fourth-order valence-corrected chi connectivity index (χ4v) is 4.03. The van der Waals surface area contributed by atoms with Gasteiger partial charge in [0.15, 0.2) is 11.7 Å². The highest BCUT2D eigenvalue weighted by atomic mass is 79.9. The molecule has 0 bridgehead atoms. The number of nitrogens with zero attached hydrogens (tertiary/aromatic N) is 4. The number of thiazole rings is 1. The quantitative estimate of drug-likeness (QED) is 0.633. The van der Waals surface area contributed by atoms with Crippen LogP contribution in [0.2, 0.25) is 0 Å². The third-order valence-corrected chi connectivity index (χ3v) is 5.80. The number of hydrogen-bond acceptors (Lipinski definition) is 6. The predicted octanol–water partition coefficient (Wildman–Crippen LogP) is 3.18. The van der Waals surface area contributed by atoms with Crippen molar-refractivity contribution in [2.45, 2.75) is 0 Å². The molecule has 1 aliphatic rings. The Morgan fingerprint density at radius 2 is 1.92 bits per heavy atom. The Hall–Kier alpha value is -2.19. The summed E-state index contributed by atoms with van der Waals surface area (Å²) in [5.74, 6) is 0.709. The summed E-state index contributed by atoms with van der Waals surface area (Å²) in [5, 5.41) is 0.969. The number of pyridine rings is 1. The van der Waals surface area contributed by atoms with Crippen molar-refractivity contribution in [3.63, 3.8) is 0 Å². The van der Waals surface area contributed by atoms with E-state index in [9.17, 15) is 4.79 Å². The largest absolute Gasteiger partial charge is 0.484 e. The number of piperazine rings is 1. The standard InChI is InChI=1S/C18H17BrN4O2S/c19-13-3-5-14(6-4-13)25-12-16(24)22-8-10-23(11-9-22)18-21-15-2-1-7-20-17(15)26-18/h1-7H,8-12H2. The van der Waals surface area contributed by atoms with Gasteiger partial charge in [0.1, 0.15) is 16.1 Å². The maximum Gasteiger partial charge on any atom is 0.260 e. The summed E-state index contributed by atoms with van der Waals surface area (Å²) in [6.45, 7) is 2.94. The van der Waals surface area contributed by atoms with Gasteiger partial charge in [-0.3, -0.25) is 4.79 Å². The van der Waals surface area contributed by atoms with Crippen LogP contribution in [0.25, 0.3) is 10.3 Å². The lowest BCUT2D eigenvalue weighted by Crippen LogP contribution is -2.50. The van der Waals surface area contributed by atoms with Crippen LogP contribution >= 0.6 is 27.3 Å². The molecular weight excluding hydrogens is 416 g/mol. The minimum Gasteiger partial charge on any atom is -0.484 e. The van der Waals surface area contributed by atoms with Crippen molar-refractivity contribution in [3.8, 4) is 5.75 Å². The lowest BCUT2D eigenvalue weighted by Gasteiger charge is -2.34. The average Bonchev–Trinajstić information content (AvgIpc) is 3.12. The van der Waals surface area contributed by atoms with Crippen molar-refractivity contribution in [2.75, 3.05) is 37.7 Å². The number of amides is 1. The minimum atomic E-state index is 0.0125. The van der Waals surface area contributed by atoms with E-state index >= 15 is 0 Å². The number of carbonyl (C=O) groups is 1. The maximum absolute atomic E-state index is 12.4. The van der Waals surface area contributed by atoms with E-state index in [0.29, 0.717) is 18.8 Å². The highest BCUT2D eigenvalue weighted by Gasteiger charge is 2.23. The van der Waals surface area contributed by atoms with Gasteiger partial charge in [-0.15, -0.1) is 0 Å². The Bertz CT molecular complexity index is 874. The summed E-state index contributed by atoms with van der Waals surface area (Å²) in [7, 11) is 0. The third-order valence-electron chi connectivity index (χ3n) is 4.23. The van der Waals surface area contributed by atoms with Crippen molar-refractivity contribution >= 4 is 48.7 Å². The molecule has 6 nitrogen and oxygen atoms in total. The number of halogens is 1. The van der Waals surface area contributed by atoms with E-state index in [1.54, 1.807) is 17.5 Å². The molecule has 3 aromatic rings. The molecule has 8 heteroatoms. The second-order valence-corrected chi connectivity index (χ2v) is 7.81. The van der Waals surface area contributed by atoms with Crippen LogP contribution < -0.4 is 9.64 Å². The number of benzene rings is 1. The summed E-state index contributed by atoms with van der Waals surface area (Å²) in [4.78, 5) is 26.4. The second kappa shape index (κ2) is 7.59. The lowest BCUT2D eigenvalue weighted by atomic mass is 10.3. The SMILES string of the molecule is O=C(COc1ccc(Br)cc1)N1CCN(c2nc3cccnc3s2)CC1.